The largest absolute Gasteiger partial charge is 0.324 e. The minimum atomic E-state index is -0.232. The van der Waals surface area contributed by atoms with Crippen LogP contribution in [0.2, 0.25) is 0 Å². The van der Waals surface area contributed by atoms with Gasteiger partial charge in [-0.25, -0.2) is 9.36 Å². The van der Waals surface area contributed by atoms with E-state index in [-0.39, 0.29) is 22.6 Å². The Bertz CT molecular complexity index is 1990. The van der Waals surface area contributed by atoms with Gasteiger partial charge in [-0.3, -0.25) is 9.59 Å². The van der Waals surface area contributed by atoms with Gasteiger partial charge in [-0.2, -0.15) is 10.2 Å². The lowest BCUT2D eigenvalue weighted by Crippen LogP contribution is -2.39. The molecule has 0 bridgehead atoms. The molecule has 8 nitrogen and oxygen atoms in total. The van der Waals surface area contributed by atoms with Crippen LogP contribution in [0.1, 0.15) is 33.0 Å². The Balaban J connectivity index is 1.11. The van der Waals surface area contributed by atoms with Gasteiger partial charge in [0.1, 0.15) is 10.7 Å². The second-order valence-corrected chi connectivity index (χ2v) is 14.8. The molecule has 2 fully saturated rings. The minimum Gasteiger partial charge on any atom is -0.324 e. The predicted molar refractivity (Wildman–Crippen MR) is 201 cm³/mol. The van der Waals surface area contributed by atoms with Crippen LogP contribution in [0, 0.1) is 13.8 Å². The summed E-state index contributed by atoms with van der Waals surface area (Å²) in [6.07, 6.45) is 4.11. The molecule has 8 rings (SSSR count). The van der Waals surface area contributed by atoms with Crippen molar-refractivity contribution < 1.29 is 9.59 Å². The van der Waals surface area contributed by atoms with E-state index in [1.165, 1.54) is 11.1 Å². The van der Waals surface area contributed by atoms with E-state index in [2.05, 4.69) is 74.8 Å². The summed E-state index contributed by atoms with van der Waals surface area (Å²) in [6, 6.07) is 36.8. The van der Waals surface area contributed by atoms with Crippen molar-refractivity contribution in [3.05, 3.63) is 144 Å². The summed E-state index contributed by atoms with van der Waals surface area (Å²) < 4.78 is 3.81. The number of hydrogen-bond acceptors (Lipinski definition) is 6. The number of nitrogens with zero attached hydrogens (tertiary/aromatic N) is 6. The lowest BCUT2D eigenvalue weighted by Gasteiger charge is -2.29. The normalized spacial score (nSPS) is 17.6. The highest BCUT2D eigenvalue weighted by Gasteiger charge is 2.39. The van der Waals surface area contributed by atoms with Crippen molar-refractivity contribution in [2.45, 2.75) is 24.6 Å². The molecule has 4 heterocycles. The highest BCUT2D eigenvalue weighted by atomic mass is 32.2. The molecule has 0 N–H and O–H groups in total. The third kappa shape index (κ3) is 6.25. The fourth-order valence-corrected chi connectivity index (χ4v) is 9.00. The Morgan fingerprint density at radius 2 is 0.940 bits per heavy atom. The number of amides is 2. The SMILES string of the molecule is Cc1ccc(-c2nn(-c3ccccc3)cc2[C@@H]2SCC(=O)N2CCN2C(=O)CS[C@H]2c2cn(-c3ccccc3)nc2-c2ccc(C)cc2)cc1. The standard InChI is InChI=1S/C40H36N6O2S2/c1-27-13-17-29(18-14-27)37-33(23-45(41-37)31-9-5-3-6-10-31)39-43(35(47)25-49-39)21-22-44-36(48)26-50-40(44)34-24-46(32-11-7-4-8-12-32)42-38(34)30-19-15-28(2)16-20-30/h3-20,23-24,39-40H,21-22,25-26H2,1-2H3/t39-,40-/m0/s1. The van der Waals surface area contributed by atoms with Crippen molar-refractivity contribution in [3.63, 3.8) is 0 Å². The van der Waals surface area contributed by atoms with E-state index in [1.807, 2.05) is 79.8 Å². The molecule has 0 aliphatic carbocycles. The topological polar surface area (TPSA) is 76.3 Å². The van der Waals surface area contributed by atoms with E-state index in [0.717, 1.165) is 45.0 Å². The quantitative estimate of drug-likeness (QED) is 0.153. The maximum Gasteiger partial charge on any atom is 0.233 e. The monoisotopic (exact) mass is 696 g/mol. The zero-order valence-corrected chi connectivity index (χ0v) is 29.5. The average molecular weight is 697 g/mol. The van der Waals surface area contributed by atoms with Gasteiger partial charge in [-0.1, -0.05) is 96.1 Å². The highest BCUT2D eigenvalue weighted by molar-refractivity contribution is 8.00. The summed E-state index contributed by atoms with van der Waals surface area (Å²) in [5.74, 6) is 0.884. The summed E-state index contributed by atoms with van der Waals surface area (Å²) in [4.78, 5) is 30.9. The number of thioether (sulfide) groups is 2. The number of benzene rings is 4. The fraction of sp³-hybridized carbons (Fsp3) is 0.200. The molecule has 50 heavy (non-hydrogen) atoms. The summed E-state index contributed by atoms with van der Waals surface area (Å²) in [5, 5.41) is 9.63. The van der Waals surface area contributed by atoms with Gasteiger partial charge in [0.25, 0.3) is 0 Å². The average Bonchev–Trinajstić information content (AvgIpc) is 3.94. The van der Waals surface area contributed by atoms with E-state index in [4.69, 9.17) is 10.2 Å². The first-order chi connectivity index (χ1) is 24.4. The number of rotatable bonds is 9. The third-order valence-corrected chi connectivity index (χ3v) is 11.7. The molecule has 0 unspecified atom stereocenters. The maximum atomic E-state index is 13.5. The second-order valence-electron chi connectivity index (χ2n) is 12.7. The molecule has 2 saturated heterocycles. The maximum absolute atomic E-state index is 13.5. The molecule has 10 heteroatoms. The number of para-hydroxylation sites is 2. The van der Waals surface area contributed by atoms with Crippen molar-refractivity contribution >= 4 is 35.3 Å². The molecule has 6 aromatic rings. The molecule has 0 spiro atoms. The van der Waals surface area contributed by atoms with Crippen molar-refractivity contribution in [2.24, 2.45) is 0 Å². The second kappa shape index (κ2) is 13.7. The molecule has 4 aromatic carbocycles. The lowest BCUT2D eigenvalue weighted by atomic mass is 10.1. The Morgan fingerprint density at radius 1 is 0.560 bits per heavy atom. The Hall–Kier alpha value is -5.06. The van der Waals surface area contributed by atoms with Crippen LogP contribution in [-0.4, -0.2) is 65.8 Å². The molecule has 2 atom stereocenters. The number of aryl methyl sites for hydroxylation is 2. The number of carbonyl (C=O) groups is 2. The van der Waals surface area contributed by atoms with Crippen molar-refractivity contribution in [1.29, 1.82) is 0 Å². The lowest BCUT2D eigenvalue weighted by molar-refractivity contribution is -0.132. The van der Waals surface area contributed by atoms with Crippen LogP contribution < -0.4 is 0 Å². The molecular weight excluding hydrogens is 661 g/mol. The smallest absolute Gasteiger partial charge is 0.233 e. The van der Waals surface area contributed by atoms with E-state index >= 15 is 0 Å². The summed E-state index contributed by atoms with van der Waals surface area (Å²) in [5.41, 5.74) is 9.94. The van der Waals surface area contributed by atoms with Gasteiger partial charge >= 0.3 is 0 Å². The van der Waals surface area contributed by atoms with Gasteiger partial charge in [0.15, 0.2) is 0 Å². The number of aromatic nitrogens is 4. The third-order valence-electron chi connectivity index (χ3n) is 9.23. The number of hydrogen-bond donors (Lipinski definition) is 0. The first kappa shape index (κ1) is 32.2. The zero-order chi connectivity index (χ0) is 34.2. The highest BCUT2D eigenvalue weighted by Crippen LogP contribution is 2.45. The minimum absolute atomic E-state index is 0.0652. The molecule has 0 saturated carbocycles. The summed E-state index contributed by atoms with van der Waals surface area (Å²) in [6.45, 7) is 4.97. The predicted octanol–water partition coefficient (Wildman–Crippen LogP) is 7.86. The number of carbonyl (C=O) groups excluding carboxylic acids is 2. The molecule has 250 valence electrons. The summed E-state index contributed by atoms with van der Waals surface area (Å²) in [7, 11) is 0. The van der Waals surface area contributed by atoms with Crippen LogP contribution in [0.3, 0.4) is 0 Å². The fourth-order valence-electron chi connectivity index (χ4n) is 6.56. The van der Waals surface area contributed by atoms with Gasteiger partial charge in [-0.05, 0) is 38.1 Å². The van der Waals surface area contributed by atoms with Crippen LogP contribution in [0.25, 0.3) is 33.9 Å². The van der Waals surface area contributed by atoms with Gasteiger partial charge in [0.2, 0.25) is 11.8 Å². The van der Waals surface area contributed by atoms with Crippen molar-refractivity contribution in [3.8, 4) is 33.9 Å². The first-order valence-electron chi connectivity index (χ1n) is 16.7. The Kier molecular flexibility index (Phi) is 8.80. The molecule has 2 amide bonds. The Labute approximate surface area is 300 Å². The molecule has 2 aliphatic rings. The van der Waals surface area contributed by atoms with Crippen LogP contribution in [-0.2, 0) is 9.59 Å². The van der Waals surface area contributed by atoms with Crippen LogP contribution in [0.15, 0.2) is 122 Å². The van der Waals surface area contributed by atoms with Crippen LogP contribution in [0.5, 0.6) is 0 Å². The summed E-state index contributed by atoms with van der Waals surface area (Å²) >= 11 is 3.23. The zero-order valence-electron chi connectivity index (χ0n) is 27.8. The van der Waals surface area contributed by atoms with E-state index in [0.29, 0.717) is 24.6 Å². The molecule has 2 aliphatic heterocycles. The first-order valence-corrected chi connectivity index (χ1v) is 18.8. The van der Waals surface area contributed by atoms with Gasteiger partial charge < -0.3 is 9.80 Å². The molecule has 2 aromatic heterocycles. The van der Waals surface area contributed by atoms with E-state index in [9.17, 15) is 9.59 Å². The van der Waals surface area contributed by atoms with Gasteiger partial charge in [0.05, 0.1) is 34.3 Å². The molecular formula is C40H36N6O2S2. The van der Waals surface area contributed by atoms with Crippen LogP contribution >= 0.6 is 23.5 Å². The van der Waals surface area contributed by atoms with Crippen LogP contribution in [0.4, 0.5) is 0 Å². The van der Waals surface area contributed by atoms with Gasteiger partial charge in [0, 0.05) is 47.7 Å². The van der Waals surface area contributed by atoms with Crippen molar-refractivity contribution in [1.82, 2.24) is 29.4 Å². The Morgan fingerprint density at radius 3 is 1.32 bits per heavy atom. The van der Waals surface area contributed by atoms with Gasteiger partial charge in [-0.15, -0.1) is 23.5 Å². The van der Waals surface area contributed by atoms with E-state index in [1.54, 1.807) is 23.5 Å². The van der Waals surface area contributed by atoms with E-state index < -0.39 is 0 Å². The molecule has 0 radical (unpaired) electrons. The van der Waals surface area contributed by atoms with Crippen molar-refractivity contribution in [2.75, 3.05) is 24.6 Å².